The van der Waals surface area contributed by atoms with E-state index in [1.165, 1.54) is 0 Å². The van der Waals surface area contributed by atoms with E-state index in [1.807, 2.05) is 12.3 Å². The van der Waals surface area contributed by atoms with Gasteiger partial charge >= 0.3 is 0 Å². The number of phenols is 1. The van der Waals surface area contributed by atoms with Crippen molar-refractivity contribution in [3.63, 3.8) is 0 Å². The SMILES string of the molecule is Cc1nc(-c2ccc(C=O)c(O)c2)cs1. The second kappa shape index (κ2) is 3.82. The minimum absolute atomic E-state index is 0.00634. The Morgan fingerprint density at radius 1 is 1.47 bits per heavy atom. The molecular weight excluding hydrogens is 210 g/mol. The molecule has 0 fully saturated rings. The van der Waals surface area contributed by atoms with Crippen molar-refractivity contribution in [1.82, 2.24) is 4.98 Å². The number of aromatic nitrogens is 1. The van der Waals surface area contributed by atoms with Crippen molar-refractivity contribution in [2.75, 3.05) is 0 Å². The summed E-state index contributed by atoms with van der Waals surface area (Å²) >= 11 is 1.55. The number of thiazole rings is 1. The van der Waals surface area contributed by atoms with Crippen LogP contribution in [0.4, 0.5) is 0 Å². The van der Waals surface area contributed by atoms with Crippen molar-refractivity contribution in [1.29, 1.82) is 0 Å². The molecule has 76 valence electrons. The maximum absolute atomic E-state index is 10.5. The Bertz CT molecular complexity index is 505. The molecule has 4 heteroatoms. The summed E-state index contributed by atoms with van der Waals surface area (Å²) in [5, 5.41) is 12.4. The van der Waals surface area contributed by atoms with Crippen molar-refractivity contribution in [2.24, 2.45) is 0 Å². The number of hydrogen-bond donors (Lipinski definition) is 1. The lowest BCUT2D eigenvalue weighted by molar-refractivity contribution is 0.112. The van der Waals surface area contributed by atoms with Crippen LogP contribution in [0.25, 0.3) is 11.3 Å². The van der Waals surface area contributed by atoms with Crippen molar-refractivity contribution < 1.29 is 9.90 Å². The predicted molar refractivity (Wildman–Crippen MR) is 59.3 cm³/mol. The fourth-order valence-corrected chi connectivity index (χ4v) is 1.92. The van der Waals surface area contributed by atoms with Gasteiger partial charge in [0.15, 0.2) is 6.29 Å². The first kappa shape index (κ1) is 9.86. The van der Waals surface area contributed by atoms with E-state index >= 15 is 0 Å². The van der Waals surface area contributed by atoms with Crippen LogP contribution in [-0.2, 0) is 0 Å². The van der Waals surface area contributed by atoms with Crippen LogP contribution < -0.4 is 0 Å². The summed E-state index contributed by atoms with van der Waals surface area (Å²) < 4.78 is 0. The quantitative estimate of drug-likeness (QED) is 0.790. The first-order valence-corrected chi connectivity index (χ1v) is 5.29. The van der Waals surface area contributed by atoms with E-state index in [2.05, 4.69) is 4.98 Å². The number of rotatable bonds is 2. The summed E-state index contributed by atoms with van der Waals surface area (Å²) in [6, 6.07) is 4.92. The molecule has 0 radical (unpaired) electrons. The molecule has 0 spiro atoms. The van der Waals surface area contributed by atoms with Crippen LogP contribution in [-0.4, -0.2) is 16.4 Å². The van der Waals surface area contributed by atoms with Gasteiger partial charge in [-0.2, -0.15) is 0 Å². The zero-order valence-corrected chi connectivity index (χ0v) is 8.91. The van der Waals surface area contributed by atoms with Crippen LogP contribution in [0, 0.1) is 6.92 Å². The van der Waals surface area contributed by atoms with Gasteiger partial charge in [0.05, 0.1) is 16.3 Å². The Kier molecular flexibility index (Phi) is 2.51. The van der Waals surface area contributed by atoms with Gasteiger partial charge in [-0.25, -0.2) is 4.98 Å². The van der Waals surface area contributed by atoms with Gasteiger partial charge in [-0.15, -0.1) is 11.3 Å². The molecule has 1 N–H and O–H groups in total. The molecule has 0 saturated carbocycles. The van der Waals surface area contributed by atoms with Crippen LogP contribution in [0.1, 0.15) is 15.4 Å². The van der Waals surface area contributed by atoms with Crippen molar-refractivity contribution in [3.8, 4) is 17.0 Å². The standard InChI is InChI=1S/C11H9NO2S/c1-7-12-10(6-15-7)8-2-3-9(5-13)11(14)4-8/h2-6,14H,1H3. The Morgan fingerprint density at radius 2 is 2.27 bits per heavy atom. The monoisotopic (exact) mass is 219 g/mol. The lowest BCUT2D eigenvalue weighted by atomic mass is 10.1. The molecule has 1 aromatic carbocycles. The van der Waals surface area contributed by atoms with Gasteiger partial charge in [-0.1, -0.05) is 6.07 Å². The smallest absolute Gasteiger partial charge is 0.153 e. The molecule has 2 aromatic rings. The molecule has 0 aliphatic rings. The van der Waals surface area contributed by atoms with E-state index < -0.39 is 0 Å². The maximum atomic E-state index is 10.5. The third-order valence-electron chi connectivity index (χ3n) is 2.07. The Morgan fingerprint density at radius 3 is 2.80 bits per heavy atom. The van der Waals surface area contributed by atoms with Crippen molar-refractivity contribution >= 4 is 17.6 Å². The van der Waals surface area contributed by atoms with Crippen LogP contribution in [0.3, 0.4) is 0 Å². The fraction of sp³-hybridized carbons (Fsp3) is 0.0909. The predicted octanol–water partition coefficient (Wildman–Crippen LogP) is 2.64. The van der Waals surface area contributed by atoms with Gasteiger partial charge in [-0.05, 0) is 19.1 Å². The zero-order valence-electron chi connectivity index (χ0n) is 8.10. The second-order valence-electron chi connectivity index (χ2n) is 3.14. The molecule has 3 nitrogen and oxygen atoms in total. The molecule has 0 aliphatic carbocycles. The number of carbonyl (C=O) groups is 1. The molecule has 0 unspecified atom stereocenters. The number of benzene rings is 1. The molecule has 0 saturated heterocycles. The highest BCUT2D eigenvalue weighted by Crippen LogP contribution is 2.26. The van der Waals surface area contributed by atoms with Gasteiger partial charge < -0.3 is 5.11 Å². The molecule has 0 bridgehead atoms. The van der Waals surface area contributed by atoms with Gasteiger partial charge in [0.25, 0.3) is 0 Å². The molecular formula is C11H9NO2S. The largest absolute Gasteiger partial charge is 0.507 e. The number of hydrogen-bond acceptors (Lipinski definition) is 4. The topological polar surface area (TPSA) is 50.2 Å². The van der Waals surface area contributed by atoms with Gasteiger partial charge in [-0.3, -0.25) is 4.79 Å². The summed E-state index contributed by atoms with van der Waals surface area (Å²) in [4.78, 5) is 14.8. The van der Waals surface area contributed by atoms with E-state index in [4.69, 9.17) is 0 Å². The highest BCUT2D eigenvalue weighted by molar-refractivity contribution is 7.09. The van der Waals surface area contributed by atoms with Crippen molar-refractivity contribution in [2.45, 2.75) is 6.92 Å². The number of aromatic hydroxyl groups is 1. The molecule has 1 aromatic heterocycles. The molecule has 0 atom stereocenters. The number of aryl methyl sites for hydroxylation is 1. The lowest BCUT2D eigenvalue weighted by Crippen LogP contribution is -1.83. The van der Waals surface area contributed by atoms with E-state index in [0.29, 0.717) is 11.8 Å². The van der Waals surface area contributed by atoms with E-state index in [1.54, 1.807) is 29.5 Å². The Balaban J connectivity index is 2.46. The number of phenolic OH excluding ortho intramolecular Hbond substituents is 1. The molecule has 15 heavy (non-hydrogen) atoms. The molecule has 1 heterocycles. The van der Waals surface area contributed by atoms with Crippen LogP contribution in [0.15, 0.2) is 23.6 Å². The lowest BCUT2D eigenvalue weighted by Gasteiger charge is -2.00. The van der Waals surface area contributed by atoms with Crippen LogP contribution in [0.5, 0.6) is 5.75 Å². The summed E-state index contributed by atoms with van der Waals surface area (Å²) in [6.45, 7) is 1.92. The second-order valence-corrected chi connectivity index (χ2v) is 4.21. The Labute approximate surface area is 91.0 Å². The van der Waals surface area contributed by atoms with Gasteiger partial charge in [0.1, 0.15) is 5.75 Å². The zero-order chi connectivity index (χ0) is 10.8. The molecule has 2 rings (SSSR count). The average Bonchev–Trinajstić information content (AvgIpc) is 2.65. The first-order valence-electron chi connectivity index (χ1n) is 4.41. The van der Waals surface area contributed by atoms with Crippen molar-refractivity contribution in [3.05, 3.63) is 34.2 Å². The highest BCUT2D eigenvalue weighted by Gasteiger charge is 2.05. The summed E-state index contributed by atoms with van der Waals surface area (Å²) in [7, 11) is 0. The summed E-state index contributed by atoms with van der Waals surface area (Å²) in [5.74, 6) is -0.00634. The van der Waals surface area contributed by atoms with Crippen LogP contribution >= 0.6 is 11.3 Å². The van der Waals surface area contributed by atoms with E-state index in [9.17, 15) is 9.90 Å². The normalized spacial score (nSPS) is 10.2. The number of aldehydes is 1. The number of nitrogens with zero attached hydrogens (tertiary/aromatic N) is 1. The number of carbonyl (C=O) groups excluding carboxylic acids is 1. The molecule has 0 aliphatic heterocycles. The van der Waals surface area contributed by atoms with E-state index in [0.717, 1.165) is 16.3 Å². The first-order chi connectivity index (χ1) is 7.20. The van der Waals surface area contributed by atoms with E-state index in [-0.39, 0.29) is 5.75 Å². The van der Waals surface area contributed by atoms with Gasteiger partial charge in [0, 0.05) is 10.9 Å². The van der Waals surface area contributed by atoms with Crippen LogP contribution in [0.2, 0.25) is 0 Å². The fourth-order valence-electron chi connectivity index (χ4n) is 1.30. The molecule has 0 amide bonds. The van der Waals surface area contributed by atoms with Gasteiger partial charge in [0.2, 0.25) is 0 Å². The minimum Gasteiger partial charge on any atom is -0.507 e. The maximum Gasteiger partial charge on any atom is 0.153 e. The minimum atomic E-state index is -0.00634. The average molecular weight is 219 g/mol. The summed E-state index contributed by atoms with van der Waals surface area (Å²) in [5.41, 5.74) is 1.94. The third-order valence-corrected chi connectivity index (χ3v) is 2.85. The summed E-state index contributed by atoms with van der Waals surface area (Å²) in [6.07, 6.45) is 0.630. The Hall–Kier alpha value is -1.68. The highest BCUT2D eigenvalue weighted by atomic mass is 32.1. The third kappa shape index (κ3) is 1.89.